The van der Waals surface area contributed by atoms with Gasteiger partial charge in [-0.05, 0) is 6.42 Å². The number of carboxylic acids is 1. The number of oxime groups is 1. The normalized spacial score (nSPS) is 10.0. The van der Waals surface area contributed by atoms with E-state index in [1.165, 1.54) is 0 Å². The third-order valence-corrected chi connectivity index (χ3v) is 0.569. The molecule has 0 aromatic heterocycles. The molecule has 0 bridgehead atoms. The van der Waals surface area contributed by atoms with Crippen LogP contribution in [0.15, 0.2) is 5.16 Å². The van der Waals surface area contributed by atoms with Crippen molar-refractivity contribution in [2.24, 2.45) is 5.16 Å². The maximum Gasteiger partial charge on any atom is 0.303 e. The standard InChI is InChI=1S/C4H7NO3/c6-4(7)2-1-3-5-8/h3,8H,1-2H2,(H,6,7)/b5-3+. The average molecular weight is 117 g/mol. The Bertz CT molecular complexity index is 99.5. The summed E-state index contributed by atoms with van der Waals surface area (Å²) in [5.41, 5.74) is 0. The number of carboxylic acid groups (broad SMARTS) is 1. The van der Waals surface area contributed by atoms with Crippen LogP contribution >= 0.6 is 0 Å². The molecule has 0 rings (SSSR count). The number of nitrogens with zero attached hydrogens (tertiary/aromatic N) is 1. The predicted molar refractivity (Wildman–Crippen MR) is 27.1 cm³/mol. The van der Waals surface area contributed by atoms with Gasteiger partial charge in [-0.1, -0.05) is 0 Å². The molecule has 0 aromatic carbocycles. The van der Waals surface area contributed by atoms with Crippen molar-refractivity contribution in [1.29, 1.82) is 0 Å². The number of hydrogen-bond acceptors (Lipinski definition) is 3. The van der Waals surface area contributed by atoms with Crippen LogP contribution in [0.25, 0.3) is 0 Å². The van der Waals surface area contributed by atoms with Gasteiger partial charge in [0, 0.05) is 6.21 Å². The fraction of sp³-hybridized carbons (Fsp3) is 0.500. The minimum absolute atomic E-state index is 0.0179. The highest BCUT2D eigenvalue weighted by molar-refractivity contribution is 5.71. The van der Waals surface area contributed by atoms with Gasteiger partial charge in [0.25, 0.3) is 0 Å². The molecule has 4 heteroatoms. The summed E-state index contributed by atoms with van der Waals surface area (Å²) in [4.78, 5) is 9.73. The predicted octanol–water partition coefficient (Wildman–Crippen LogP) is 0.311. The summed E-state index contributed by atoms with van der Waals surface area (Å²) in [6.45, 7) is 0. The molecule has 0 aliphatic rings. The van der Waals surface area contributed by atoms with Gasteiger partial charge in [-0.25, -0.2) is 0 Å². The third kappa shape index (κ3) is 4.94. The molecular formula is C4H7NO3. The molecule has 4 nitrogen and oxygen atoms in total. The summed E-state index contributed by atoms with van der Waals surface area (Å²) >= 11 is 0. The van der Waals surface area contributed by atoms with Gasteiger partial charge in [-0.3, -0.25) is 4.79 Å². The number of aliphatic carboxylic acids is 1. The molecule has 0 heterocycles. The largest absolute Gasteiger partial charge is 0.481 e. The molecule has 0 saturated heterocycles. The summed E-state index contributed by atoms with van der Waals surface area (Å²) in [7, 11) is 0. The van der Waals surface area contributed by atoms with Crippen LogP contribution in [-0.4, -0.2) is 22.5 Å². The van der Waals surface area contributed by atoms with E-state index < -0.39 is 5.97 Å². The van der Waals surface area contributed by atoms with E-state index in [2.05, 4.69) is 5.16 Å². The van der Waals surface area contributed by atoms with Gasteiger partial charge < -0.3 is 10.3 Å². The van der Waals surface area contributed by atoms with E-state index in [4.69, 9.17) is 10.3 Å². The van der Waals surface area contributed by atoms with Crippen LogP contribution in [0, 0.1) is 0 Å². The number of rotatable bonds is 3. The van der Waals surface area contributed by atoms with Gasteiger partial charge in [-0.15, -0.1) is 5.16 Å². The van der Waals surface area contributed by atoms with Gasteiger partial charge in [0.1, 0.15) is 0 Å². The van der Waals surface area contributed by atoms with Crippen LogP contribution in [0.4, 0.5) is 0 Å². The topological polar surface area (TPSA) is 69.9 Å². The first-order chi connectivity index (χ1) is 3.77. The second-order valence-electron chi connectivity index (χ2n) is 1.23. The minimum atomic E-state index is -0.884. The molecule has 0 radical (unpaired) electrons. The van der Waals surface area contributed by atoms with E-state index in [-0.39, 0.29) is 12.8 Å². The van der Waals surface area contributed by atoms with E-state index in [0.717, 1.165) is 6.21 Å². The number of carbonyl (C=O) groups is 1. The van der Waals surface area contributed by atoms with E-state index >= 15 is 0 Å². The monoisotopic (exact) mass is 117 g/mol. The fourth-order valence-electron chi connectivity index (χ4n) is 0.246. The first kappa shape index (κ1) is 6.94. The molecule has 0 unspecified atom stereocenters. The van der Waals surface area contributed by atoms with Crippen molar-refractivity contribution in [3.05, 3.63) is 0 Å². The van der Waals surface area contributed by atoms with Crippen LogP contribution < -0.4 is 0 Å². The van der Waals surface area contributed by atoms with E-state index in [0.29, 0.717) is 0 Å². The summed E-state index contributed by atoms with van der Waals surface area (Å²) in [5.74, 6) is -0.884. The zero-order chi connectivity index (χ0) is 6.41. The van der Waals surface area contributed by atoms with Crippen LogP contribution in [0.2, 0.25) is 0 Å². The molecule has 0 fully saturated rings. The van der Waals surface area contributed by atoms with Crippen molar-refractivity contribution in [3.8, 4) is 0 Å². The minimum Gasteiger partial charge on any atom is -0.481 e. The Morgan fingerprint density at radius 3 is 2.75 bits per heavy atom. The molecule has 0 atom stereocenters. The first-order valence-electron chi connectivity index (χ1n) is 2.15. The summed E-state index contributed by atoms with van der Waals surface area (Å²) in [6, 6.07) is 0. The second-order valence-corrected chi connectivity index (χ2v) is 1.23. The maximum absolute atomic E-state index is 9.73. The molecule has 0 amide bonds. The van der Waals surface area contributed by atoms with Crippen molar-refractivity contribution in [3.63, 3.8) is 0 Å². The summed E-state index contributed by atoms with van der Waals surface area (Å²) in [6.07, 6.45) is 1.45. The highest BCUT2D eigenvalue weighted by Crippen LogP contribution is 1.82. The lowest BCUT2D eigenvalue weighted by atomic mass is 10.3. The Morgan fingerprint density at radius 2 is 2.38 bits per heavy atom. The van der Waals surface area contributed by atoms with Gasteiger partial charge >= 0.3 is 5.97 Å². The molecule has 0 spiro atoms. The van der Waals surface area contributed by atoms with E-state index in [9.17, 15) is 4.79 Å². The van der Waals surface area contributed by atoms with Gasteiger partial charge in [0.05, 0.1) is 6.42 Å². The van der Waals surface area contributed by atoms with Crippen molar-refractivity contribution in [2.75, 3.05) is 0 Å². The molecule has 0 aliphatic carbocycles. The summed E-state index contributed by atoms with van der Waals surface area (Å²) < 4.78 is 0. The smallest absolute Gasteiger partial charge is 0.303 e. The summed E-state index contributed by atoms with van der Waals surface area (Å²) in [5, 5.41) is 18.4. The first-order valence-corrected chi connectivity index (χ1v) is 2.15. The Morgan fingerprint density at radius 1 is 1.75 bits per heavy atom. The SMILES string of the molecule is O=C(O)CC/C=N/O. The zero-order valence-electron chi connectivity index (χ0n) is 4.24. The lowest BCUT2D eigenvalue weighted by Gasteiger charge is -1.82. The molecule has 46 valence electrons. The van der Waals surface area contributed by atoms with Crippen LogP contribution in [0.5, 0.6) is 0 Å². The lowest BCUT2D eigenvalue weighted by Crippen LogP contribution is -1.93. The third-order valence-electron chi connectivity index (χ3n) is 0.569. The van der Waals surface area contributed by atoms with Crippen LogP contribution in [0.1, 0.15) is 12.8 Å². The molecule has 0 saturated carbocycles. The van der Waals surface area contributed by atoms with Gasteiger partial charge in [0.2, 0.25) is 0 Å². The molecule has 0 aromatic rings. The lowest BCUT2D eigenvalue weighted by molar-refractivity contribution is -0.136. The Hall–Kier alpha value is -1.06. The van der Waals surface area contributed by atoms with Crippen LogP contribution in [-0.2, 0) is 4.79 Å². The van der Waals surface area contributed by atoms with Crippen molar-refractivity contribution in [1.82, 2.24) is 0 Å². The fourth-order valence-corrected chi connectivity index (χ4v) is 0.246. The Kier molecular flexibility index (Phi) is 3.56. The highest BCUT2D eigenvalue weighted by Gasteiger charge is 1.91. The molecular weight excluding hydrogens is 110 g/mol. The van der Waals surface area contributed by atoms with Gasteiger partial charge in [0.15, 0.2) is 0 Å². The van der Waals surface area contributed by atoms with Crippen LogP contribution in [0.3, 0.4) is 0 Å². The highest BCUT2D eigenvalue weighted by atomic mass is 16.4. The van der Waals surface area contributed by atoms with Crippen molar-refractivity contribution in [2.45, 2.75) is 12.8 Å². The molecule has 0 aliphatic heterocycles. The number of hydrogen-bond donors (Lipinski definition) is 2. The van der Waals surface area contributed by atoms with Gasteiger partial charge in [-0.2, -0.15) is 0 Å². The molecule has 8 heavy (non-hydrogen) atoms. The molecule has 2 N–H and O–H groups in total. The van der Waals surface area contributed by atoms with Crippen molar-refractivity contribution < 1.29 is 15.1 Å². The Labute approximate surface area is 46.4 Å². The van der Waals surface area contributed by atoms with E-state index in [1.54, 1.807) is 0 Å². The second kappa shape index (κ2) is 4.11. The zero-order valence-corrected chi connectivity index (χ0v) is 4.24. The average Bonchev–Trinajstić information content (AvgIpc) is 1.66. The quantitative estimate of drug-likeness (QED) is 0.317. The van der Waals surface area contributed by atoms with Crippen molar-refractivity contribution >= 4 is 12.2 Å². The van der Waals surface area contributed by atoms with E-state index in [1.807, 2.05) is 0 Å². The maximum atomic E-state index is 9.73. The Balaban J connectivity index is 3.05.